The molecule has 27 heavy (non-hydrogen) atoms. The number of hydrogen-bond donors (Lipinski definition) is 1. The molecule has 2 heteroatoms. The first-order valence-corrected chi connectivity index (χ1v) is 11.5. The van der Waals surface area contributed by atoms with Crippen molar-refractivity contribution in [3.05, 3.63) is 11.6 Å². The van der Waals surface area contributed by atoms with Gasteiger partial charge in [0.15, 0.2) is 5.78 Å². The Bertz CT molecular complexity index is 737. The molecule has 2 spiro atoms. The molecule has 1 N–H and O–H groups in total. The molecule has 2 nitrogen and oxygen atoms in total. The summed E-state index contributed by atoms with van der Waals surface area (Å²) in [7, 11) is 2.16. The second-order valence-corrected chi connectivity index (χ2v) is 11.9. The highest BCUT2D eigenvalue weighted by molar-refractivity contribution is 6.00. The summed E-state index contributed by atoms with van der Waals surface area (Å²) in [5.41, 5.74) is 2.98. The quantitative estimate of drug-likeness (QED) is 0.616. The topological polar surface area (TPSA) is 29.1 Å². The minimum atomic E-state index is 0.114. The van der Waals surface area contributed by atoms with Gasteiger partial charge in [-0.25, -0.2) is 0 Å². The Morgan fingerprint density at radius 2 is 1.63 bits per heavy atom. The number of fused-ring (bicyclic) bond motifs is 2. The molecule has 5 aliphatic carbocycles. The summed E-state index contributed by atoms with van der Waals surface area (Å²) in [4.78, 5) is 13.0. The van der Waals surface area contributed by atoms with Gasteiger partial charge in [0.1, 0.15) is 0 Å². The summed E-state index contributed by atoms with van der Waals surface area (Å²) in [5, 5.41) is 3.65. The van der Waals surface area contributed by atoms with Crippen molar-refractivity contribution in [1.29, 1.82) is 0 Å². The molecule has 0 heterocycles. The number of allylic oxidation sites excluding steroid dienone is 2. The fourth-order valence-corrected chi connectivity index (χ4v) is 10.0. The van der Waals surface area contributed by atoms with E-state index in [4.69, 9.17) is 0 Å². The first kappa shape index (κ1) is 18.4. The summed E-state index contributed by atoms with van der Waals surface area (Å²) < 4.78 is 0. The molecule has 0 aromatic heterocycles. The molecule has 0 bridgehead atoms. The van der Waals surface area contributed by atoms with Crippen LogP contribution in [-0.4, -0.2) is 18.9 Å². The maximum absolute atomic E-state index is 13.0. The molecule has 0 amide bonds. The van der Waals surface area contributed by atoms with Gasteiger partial charge in [0.05, 0.1) is 0 Å². The predicted molar refractivity (Wildman–Crippen MR) is 110 cm³/mol. The number of carbonyl (C=O) groups excluding carboxylic acids is 1. The van der Waals surface area contributed by atoms with E-state index in [-0.39, 0.29) is 10.8 Å². The Hall–Kier alpha value is -0.630. The van der Waals surface area contributed by atoms with Crippen molar-refractivity contribution in [3.8, 4) is 0 Å². The lowest BCUT2D eigenvalue weighted by Gasteiger charge is -2.62. The predicted octanol–water partition coefficient (Wildman–Crippen LogP) is 5.52. The van der Waals surface area contributed by atoms with Crippen LogP contribution in [0.4, 0.5) is 0 Å². The van der Waals surface area contributed by atoms with Crippen LogP contribution >= 0.6 is 0 Å². The lowest BCUT2D eigenvalue weighted by atomic mass is 9.42. The minimum Gasteiger partial charge on any atom is -0.316 e. The van der Waals surface area contributed by atoms with Crippen molar-refractivity contribution in [2.24, 2.45) is 38.9 Å². The first-order valence-electron chi connectivity index (χ1n) is 11.5. The standard InChI is InChI=1S/C25H39NO/c1-7-16-17(27)14-23(5)19-9-8-18-21(2,3)20(26-6)10-11-24(18)15-25(19,24)13-12-22(16,23)4/h7,18-20,26H,8-15H2,1-6H3/b16-7-/t18?,19-,20-,22+,23-,24+,25-/m0/s1. The van der Waals surface area contributed by atoms with Crippen LogP contribution in [0.5, 0.6) is 0 Å². The fourth-order valence-electron chi connectivity index (χ4n) is 10.0. The molecule has 1 unspecified atom stereocenters. The monoisotopic (exact) mass is 369 g/mol. The van der Waals surface area contributed by atoms with Crippen molar-refractivity contribution in [2.45, 2.75) is 92.0 Å². The zero-order valence-corrected chi connectivity index (χ0v) is 18.4. The summed E-state index contributed by atoms with van der Waals surface area (Å²) in [5.74, 6) is 2.07. The van der Waals surface area contributed by atoms with Crippen molar-refractivity contribution in [2.75, 3.05) is 7.05 Å². The Labute approximate surface area is 165 Å². The zero-order chi connectivity index (χ0) is 19.5. The Morgan fingerprint density at radius 3 is 2.30 bits per heavy atom. The van der Waals surface area contributed by atoms with Gasteiger partial charge in [-0.3, -0.25) is 4.79 Å². The molecule has 150 valence electrons. The van der Waals surface area contributed by atoms with Crippen molar-refractivity contribution in [1.82, 2.24) is 5.32 Å². The zero-order valence-electron chi connectivity index (χ0n) is 18.4. The third-order valence-corrected chi connectivity index (χ3v) is 11.4. The highest BCUT2D eigenvalue weighted by atomic mass is 16.1. The lowest BCUT2D eigenvalue weighted by molar-refractivity contribution is -0.129. The number of Topliss-reactive ketones (excluding diaryl/α,β-unsaturated/α-hetero) is 1. The van der Waals surface area contributed by atoms with Gasteiger partial charge in [-0.15, -0.1) is 0 Å². The molecule has 0 saturated heterocycles. The number of nitrogens with one attached hydrogen (secondary N) is 1. The number of rotatable bonds is 1. The number of hydrogen-bond acceptors (Lipinski definition) is 2. The Balaban J connectivity index is 1.56. The van der Waals surface area contributed by atoms with Crippen LogP contribution < -0.4 is 5.32 Å². The van der Waals surface area contributed by atoms with Crippen LogP contribution in [0.3, 0.4) is 0 Å². The molecule has 5 saturated carbocycles. The van der Waals surface area contributed by atoms with Crippen LogP contribution in [0.15, 0.2) is 11.6 Å². The molecule has 5 aliphatic rings. The van der Waals surface area contributed by atoms with Gasteiger partial charge in [-0.05, 0) is 98.0 Å². The molecule has 0 aromatic carbocycles. The van der Waals surface area contributed by atoms with Gasteiger partial charge in [-0.2, -0.15) is 0 Å². The second-order valence-electron chi connectivity index (χ2n) is 11.9. The van der Waals surface area contributed by atoms with E-state index in [1.807, 2.05) is 0 Å². The largest absolute Gasteiger partial charge is 0.316 e. The summed E-state index contributed by atoms with van der Waals surface area (Å²) >= 11 is 0. The number of carbonyl (C=O) groups is 1. The average molecular weight is 370 g/mol. The normalized spacial score (nSPS) is 56.9. The number of ketones is 1. The molecule has 5 fully saturated rings. The summed E-state index contributed by atoms with van der Waals surface area (Å²) in [6.45, 7) is 12.1. The highest BCUT2D eigenvalue weighted by Crippen LogP contribution is 2.88. The fraction of sp³-hybridized carbons (Fsp3) is 0.880. The minimum absolute atomic E-state index is 0.114. The van der Waals surface area contributed by atoms with Gasteiger partial charge in [0.25, 0.3) is 0 Å². The first-order chi connectivity index (χ1) is 12.6. The molecule has 5 rings (SSSR count). The van der Waals surface area contributed by atoms with Gasteiger partial charge in [0, 0.05) is 17.9 Å². The van der Waals surface area contributed by atoms with E-state index in [1.54, 1.807) is 0 Å². The van der Waals surface area contributed by atoms with Gasteiger partial charge >= 0.3 is 0 Å². The van der Waals surface area contributed by atoms with Crippen LogP contribution in [-0.2, 0) is 4.79 Å². The van der Waals surface area contributed by atoms with Gasteiger partial charge in [0.2, 0.25) is 0 Å². The Kier molecular flexibility index (Phi) is 3.47. The van der Waals surface area contributed by atoms with E-state index in [0.29, 0.717) is 28.1 Å². The van der Waals surface area contributed by atoms with Crippen LogP contribution in [0.2, 0.25) is 0 Å². The third-order valence-electron chi connectivity index (χ3n) is 11.4. The summed E-state index contributed by atoms with van der Waals surface area (Å²) in [6, 6.07) is 0.662. The molecular formula is C25H39NO. The van der Waals surface area contributed by atoms with Gasteiger partial charge < -0.3 is 5.32 Å². The molecule has 0 aliphatic heterocycles. The second kappa shape index (κ2) is 5.10. The van der Waals surface area contributed by atoms with E-state index in [0.717, 1.165) is 23.8 Å². The van der Waals surface area contributed by atoms with Crippen molar-refractivity contribution >= 4 is 5.78 Å². The van der Waals surface area contributed by atoms with Gasteiger partial charge in [-0.1, -0.05) is 33.8 Å². The maximum atomic E-state index is 13.0. The van der Waals surface area contributed by atoms with Crippen molar-refractivity contribution in [3.63, 3.8) is 0 Å². The highest BCUT2D eigenvalue weighted by Gasteiger charge is 2.82. The van der Waals surface area contributed by atoms with Crippen LogP contribution in [0.1, 0.15) is 86.0 Å². The lowest BCUT2D eigenvalue weighted by Crippen LogP contribution is -2.58. The van der Waals surface area contributed by atoms with E-state index in [1.165, 1.54) is 44.9 Å². The summed E-state index contributed by atoms with van der Waals surface area (Å²) in [6.07, 6.45) is 12.5. The third kappa shape index (κ3) is 1.77. The van der Waals surface area contributed by atoms with Crippen molar-refractivity contribution < 1.29 is 4.79 Å². The van der Waals surface area contributed by atoms with Crippen LogP contribution in [0, 0.1) is 38.9 Å². The maximum Gasteiger partial charge on any atom is 0.159 e. The SMILES string of the molecule is C/C=C1/C(=O)C[C@@]2(C)[C@@H]3CCC4C(C)(C)[C@@H](NC)CC[C@@]45C[C@@]35CC[C@]12C. The average Bonchev–Trinajstić information content (AvgIpc) is 3.21. The molecular weight excluding hydrogens is 330 g/mol. The molecule has 7 atom stereocenters. The van der Waals surface area contributed by atoms with E-state index < -0.39 is 0 Å². The van der Waals surface area contributed by atoms with E-state index >= 15 is 0 Å². The van der Waals surface area contributed by atoms with E-state index in [9.17, 15) is 4.79 Å². The molecule has 0 radical (unpaired) electrons. The smallest absolute Gasteiger partial charge is 0.159 e. The van der Waals surface area contributed by atoms with Crippen LogP contribution in [0.25, 0.3) is 0 Å². The Morgan fingerprint density at radius 1 is 0.963 bits per heavy atom. The van der Waals surface area contributed by atoms with E-state index in [2.05, 4.69) is 53.1 Å². The molecule has 0 aromatic rings.